The molecule has 0 unspecified atom stereocenters. The molecule has 1 heterocycles. The number of rotatable bonds is 5. The lowest BCUT2D eigenvalue weighted by Gasteiger charge is -2.17. The van der Waals surface area contributed by atoms with Gasteiger partial charge in [0.05, 0.1) is 5.92 Å². The summed E-state index contributed by atoms with van der Waals surface area (Å²) in [7, 11) is 0. The lowest BCUT2D eigenvalue weighted by molar-refractivity contribution is -0.132. The number of halogens is 1. The maximum Gasteiger partial charge on any atom is 0.276 e. The van der Waals surface area contributed by atoms with E-state index in [1.165, 1.54) is 24.3 Å². The summed E-state index contributed by atoms with van der Waals surface area (Å²) in [6, 6.07) is 12.7. The van der Waals surface area contributed by atoms with Crippen molar-refractivity contribution in [1.82, 2.24) is 10.9 Å². The zero-order valence-electron chi connectivity index (χ0n) is 15.3. The Morgan fingerprint density at radius 2 is 1.79 bits per heavy atom. The number of anilines is 1. The fourth-order valence-electron chi connectivity index (χ4n) is 2.81. The molecule has 2 aromatic rings. The van der Waals surface area contributed by atoms with Gasteiger partial charge in [-0.3, -0.25) is 25.2 Å². The van der Waals surface area contributed by atoms with Crippen molar-refractivity contribution in [2.45, 2.75) is 13.3 Å². The second-order valence-electron chi connectivity index (χ2n) is 6.52. The van der Waals surface area contributed by atoms with Crippen LogP contribution in [0.1, 0.15) is 12.0 Å². The number of hydrazine groups is 1. The van der Waals surface area contributed by atoms with Crippen LogP contribution in [0.25, 0.3) is 0 Å². The number of ether oxygens (including phenoxy) is 1. The summed E-state index contributed by atoms with van der Waals surface area (Å²) in [5.41, 5.74) is 6.38. The van der Waals surface area contributed by atoms with Crippen LogP contribution in [0.2, 0.25) is 0 Å². The fraction of sp³-hybridized carbons (Fsp3) is 0.250. The van der Waals surface area contributed by atoms with E-state index in [1.54, 1.807) is 4.90 Å². The third-order valence-electron chi connectivity index (χ3n) is 4.35. The number of hydrogen-bond donors (Lipinski definition) is 2. The van der Waals surface area contributed by atoms with Gasteiger partial charge in [0, 0.05) is 18.7 Å². The van der Waals surface area contributed by atoms with Crippen molar-refractivity contribution in [3.63, 3.8) is 0 Å². The molecule has 1 saturated heterocycles. The lowest BCUT2D eigenvalue weighted by Crippen LogP contribution is -2.46. The van der Waals surface area contributed by atoms with Crippen LogP contribution in [0.5, 0.6) is 5.75 Å². The first-order valence-electron chi connectivity index (χ1n) is 8.76. The van der Waals surface area contributed by atoms with Crippen molar-refractivity contribution < 1.29 is 23.5 Å². The van der Waals surface area contributed by atoms with Crippen LogP contribution < -0.4 is 20.5 Å². The summed E-state index contributed by atoms with van der Waals surface area (Å²) < 4.78 is 18.0. The molecule has 0 spiro atoms. The molecule has 0 bridgehead atoms. The first kappa shape index (κ1) is 19.3. The second kappa shape index (κ2) is 8.51. The van der Waals surface area contributed by atoms with E-state index in [1.807, 2.05) is 31.2 Å². The minimum atomic E-state index is -0.572. The van der Waals surface area contributed by atoms with E-state index in [-0.39, 0.29) is 25.5 Å². The Morgan fingerprint density at radius 3 is 2.46 bits per heavy atom. The SMILES string of the molecule is Cc1ccc(N2C[C@@H](C(=O)NNC(=O)COc3ccc(F)cc3)CC2=O)cc1. The fourth-order valence-corrected chi connectivity index (χ4v) is 2.81. The van der Waals surface area contributed by atoms with E-state index in [2.05, 4.69) is 10.9 Å². The summed E-state index contributed by atoms with van der Waals surface area (Å²) in [6.07, 6.45) is 0.0711. The van der Waals surface area contributed by atoms with Crippen LogP contribution in [-0.4, -0.2) is 30.9 Å². The normalized spacial score (nSPS) is 16.0. The first-order chi connectivity index (χ1) is 13.4. The van der Waals surface area contributed by atoms with Crippen molar-refractivity contribution in [2.75, 3.05) is 18.1 Å². The number of aryl methyl sites for hydroxylation is 1. The van der Waals surface area contributed by atoms with Crippen LogP contribution in [0.15, 0.2) is 48.5 Å². The highest BCUT2D eigenvalue weighted by Gasteiger charge is 2.35. The molecule has 3 amide bonds. The summed E-state index contributed by atoms with van der Waals surface area (Å²) in [5.74, 6) is -1.80. The number of benzene rings is 2. The Labute approximate surface area is 161 Å². The van der Waals surface area contributed by atoms with Gasteiger partial charge >= 0.3 is 0 Å². The number of carbonyl (C=O) groups is 3. The average Bonchev–Trinajstić information content (AvgIpc) is 3.08. The summed E-state index contributed by atoms with van der Waals surface area (Å²) in [4.78, 5) is 37.8. The molecular weight excluding hydrogens is 365 g/mol. The summed E-state index contributed by atoms with van der Waals surface area (Å²) in [6.45, 7) is 1.86. The zero-order valence-corrected chi connectivity index (χ0v) is 15.3. The third kappa shape index (κ3) is 4.85. The van der Waals surface area contributed by atoms with Crippen LogP contribution in [-0.2, 0) is 14.4 Å². The molecule has 1 fully saturated rings. The molecule has 8 heteroatoms. The Bertz CT molecular complexity index is 868. The second-order valence-corrected chi connectivity index (χ2v) is 6.52. The van der Waals surface area contributed by atoms with Crippen LogP contribution in [0, 0.1) is 18.7 Å². The summed E-state index contributed by atoms with van der Waals surface area (Å²) in [5, 5.41) is 0. The van der Waals surface area contributed by atoms with Gasteiger partial charge in [-0.15, -0.1) is 0 Å². The average molecular weight is 385 g/mol. The molecule has 2 N–H and O–H groups in total. The number of amides is 3. The van der Waals surface area contributed by atoms with Gasteiger partial charge in [0.2, 0.25) is 11.8 Å². The van der Waals surface area contributed by atoms with Gasteiger partial charge in [-0.2, -0.15) is 0 Å². The van der Waals surface area contributed by atoms with E-state index in [9.17, 15) is 18.8 Å². The maximum absolute atomic E-state index is 12.8. The number of carbonyl (C=O) groups excluding carboxylic acids is 3. The van der Waals surface area contributed by atoms with Crippen LogP contribution in [0.3, 0.4) is 0 Å². The summed E-state index contributed by atoms with van der Waals surface area (Å²) >= 11 is 0. The molecule has 2 aromatic carbocycles. The van der Waals surface area contributed by atoms with Gasteiger partial charge in [0.25, 0.3) is 5.91 Å². The number of hydrogen-bond acceptors (Lipinski definition) is 4. The molecule has 7 nitrogen and oxygen atoms in total. The van der Waals surface area contributed by atoms with Crippen molar-refractivity contribution in [3.8, 4) is 5.75 Å². The number of nitrogens with one attached hydrogen (secondary N) is 2. The molecule has 1 aliphatic heterocycles. The van der Waals surface area contributed by atoms with E-state index in [4.69, 9.17) is 4.74 Å². The quantitative estimate of drug-likeness (QED) is 0.767. The third-order valence-corrected chi connectivity index (χ3v) is 4.35. The highest BCUT2D eigenvalue weighted by molar-refractivity contribution is 6.00. The smallest absolute Gasteiger partial charge is 0.276 e. The van der Waals surface area contributed by atoms with E-state index in [0.717, 1.165) is 11.3 Å². The Hall–Kier alpha value is -3.42. The highest BCUT2D eigenvalue weighted by atomic mass is 19.1. The van der Waals surface area contributed by atoms with Gasteiger partial charge in [0.1, 0.15) is 11.6 Å². The van der Waals surface area contributed by atoms with Crippen molar-refractivity contribution in [3.05, 3.63) is 59.9 Å². The number of nitrogens with zero attached hydrogens (tertiary/aromatic N) is 1. The van der Waals surface area contributed by atoms with E-state index < -0.39 is 23.5 Å². The topological polar surface area (TPSA) is 87.7 Å². The van der Waals surface area contributed by atoms with Crippen LogP contribution in [0.4, 0.5) is 10.1 Å². The predicted molar refractivity (Wildman–Crippen MR) is 99.8 cm³/mol. The van der Waals surface area contributed by atoms with Gasteiger partial charge in [-0.05, 0) is 43.3 Å². The predicted octanol–water partition coefficient (Wildman–Crippen LogP) is 1.71. The lowest BCUT2D eigenvalue weighted by atomic mass is 10.1. The molecule has 0 radical (unpaired) electrons. The van der Waals surface area contributed by atoms with Crippen molar-refractivity contribution >= 4 is 23.4 Å². The zero-order chi connectivity index (χ0) is 20.1. The highest BCUT2D eigenvalue weighted by Crippen LogP contribution is 2.25. The molecule has 1 atom stereocenters. The Balaban J connectivity index is 1.45. The van der Waals surface area contributed by atoms with E-state index in [0.29, 0.717) is 5.75 Å². The minimum absolute atomic E-state index is 0.0711. The van der Waals surface area contributed by atoms with Crippen molar-refractivity contribution in [1.29, 1.82) is 0 Å². The first-order valence-corrected chi connectivity index (χ1v) is 8.76. The van der Waals surface area contributed by atoms with Gasteiger partial charge in [-0.25, -0.2) is 4.39 Å². The Kier molecular flexibility index (Phi) is 5.88. The Morgan fingerprint density at radius 1 is 1.11 bits per heavy atom. The molecule has 0 aliphatic carbocycles. The van der Waals surface area contributed by atoms with Gasteiger partial charge in [-0.1, -0.05) is 17.7 Å². The maximum atomic E-state index is 12.8. The molecule has 146 valence electrons. The van der Waals surface area contributed by atoms with Crippen molar-refractivity contribution in [2.24, 2.45) is 5.92 Å². The molecule has 1 aliphatic rings. The standard InChI is InChI=1S/C20H20FN3O4/c1-13-2-6-16(7-3-13)24-11-14(10-19(24)26)20(27)23-22-18(25)12-28-17-8-4-15(21)5-9-17/h2-9,14H,10-12H2,1H3,(H,22,25)(H,23,27)/t14-/m0/s1. The van der Waals surface area contributed by atoms with E-state index >= 15 is 0 Å². The molecule has 28 heavy (non-hydrogen) atoms. The van der Waals surface area contributed by atoms with Crippen LogP contribution >= 0.6 is 0 Å². The monoisotopic (exact) mass is 385 g/mol. The van der Waals surface area contributed by atoms with Gasteiger partial charge < -0.3 is 9.64 Å². The molecule has 0 saturated carbocycles. The molecular formula is C20H20FN3O4. The van der Waals surface area contributed by atoms with Gasteiger partial charge in [0.15, 0.2) is 6.61 Å². The molecule has 0 aromatic heterocycles. The minimum Gasteiger partial charge on any atom is -0.484 e. The largest absolute Gasteiger partial charge is 0.484 e. The molecule has 3 rings (SSSR count).